The fourth-order valence-electron chi connectivity index (χ4n) is 1.75. The Balaban J connectivity index is 1.82. The first kappa shape index (κ1) is 14.9. The van der Waals surface area contributed by atoms with Crippen LogP contribution in [0.15, 0.2) is 53.4 Å². The smallest absolute Gasteiger partial charge is 0.165 e. The van der Waals surface area contributed by atoms with Crippen LogP contribution in [0, 0.1) is 5.82 Å². The molecular weight excluding hydrogens is 273 g/mol. The second-order valence-corrected chi connectivity index (χ2v) is 5.66. The van der Waals surface area contributed by atoms with Gasteiger partial charge in [0.1, 0.15) is 0 Å². The van der Waals surface area contributed by atoms with Crippen molar-refractivity contribution >= 4 is 11.8 Å². The Kier molecular flexibility index (Phi) is 5.44. The first-order chi connectivity index (χ1) is 9.66. The molecule has 0 unspecified atom stereocenters. The summed E-state index contributed by atoms with van der Waals surface area (Å²) in [7, 11) is 0. The van der Waals surface area contributed by atoms with Gasteiger partial charge in [-0.15, -0.1) is 11.8 Å². The minimum atomic E-state index is -0.357. The van der Waals surface area contributed by atoms with Gasteiger partial charge in [0, 0.05) is 16.7 Å². The van der Waals surface area contributed by atoms with Crippen molar-refractivity contribution < 1.29 is 9.13 Å². The van der Waals surface area contributed by atoms with Crippen LogP contribution in [0.25, 0.3) is 0 Å². The molecule has 0 bridgehead atoms. The van der Waals surface area contributed by atoms with Crippen LogP contribution in [-0.4, -0.2) is 12.4 Å². The molecule has 0 amide bonds. The van der Waals surface area contributed by atoms with Crippen molar-refractivity contribution in [1.29, 1.82) is 0 Å². The maximum atomic E-state index is 13.8. The molecule has 20 heavy (non-hydrogen) atoms. The monoisotopic (exact) mass is 291 g/mol. The highest BCUT2D eigenvalue weighted by Gasteiger charge is 2.07. The molecule has 0 aliphatic heterocycles. The fraction of sp³-hybridized carbons (Fsp3) is 0.250. The van der Waals surface area contributed by atoms with Crippen LogP contribution in [-0.2, 0) is 0 Å². The van der Waals surface area contributed by atoms with Gasteiger partial charge < -0.3 is 10.5 Å². The van der Waals surface area contributed by atoms with Gasteiger partial charge in [-0.2, -0.15) is 0 Å². The van der Waals surface area contributed by atoms with Gasteiger partial charge in [0.05, 0.1) is 6.61 Å². The molecule has 0 aliphatic carbocycles. The highest BCUT2D eigenvalue weighted by atomic mass is 32.2. The largest absolute Gasteiger partial charge is 0.490 e. The van der Waals surface area contributed by atoms with Gasteiger partial charge in [-0.25, -0.2) is 4.39 Å². The van der Waals surface area contributed by atoms with Gasteiger partial charge in [-0.1, -0.05) is 24.3 Å². The molecule has 0 radical (unpaired) electrons. The number of benzene rings is 2. The first-order valence-corrected chi connectivity index (χ1v) is 7.51. The molecule has 2 nitrogen and oxygen atoms in total. The van der Waals surface area contributed by atoms with E-state index in [1.165, 1.54) is 11.0 Å². The van der Waals surface area contributed by atoms with E-state index in [1.807, 2.05) is 37.3 Å². The molecule has 2 rings (SSSR count). The van der Waals surface area contributed by atoms with E-state index >= 15 is 0 Å². The van der Waals surface area contributed by atoms with E-state index in [2.05, 4.69) is 0 Å². The van der Waals surface area contributed by atoms with Gasteiger partial charge >= 0.3 is 0 Å². The lowest BCUT2D eigenvalue weighted by atomic mass is 10.1. The van der Waals surface area contributed by atoms with Crippen LogP contribution >= 0.6 is 11.8 Å². The minimum absolute atomic E-state index is 0.174. The molecule has 0 aliphatic rings. The quantitative estimate of drug-likeness (QED) is 0.645. The number of hydrogen-bond acceptors (Lipinski definition) is 3. The van der Waals surface area contributed by atoms with Crippen LogP contribution in [0.1, 0.15) is 18.5 Å². The minimum Gasteiger partial charge on any atom is -0.490 e. The average molecular weight is 291 g/mol. The Hall–Kier alpha value is -1.52. The predicted octanol–water partition coefficient (Wildman–Crippen LogP) is 4.02. The lowest BCUT2D eigenvalue weighted by molar-refractivity contribution is 0.324. The standard InChI is InChI=1S/C16H18FNOS/c1-12(18)13-7-8-16(15(17)11-13)19-9-10-20-14-5-3-2-4-6-14/h2-8,11-12H,9-10,18H2,1H3/t12-/m1/s1. The van der Waals surface area contributed by atoms with Crippen LogP contribution in [0.2, 0.25) is 0 Å². The highest BCUT2D eigenvalue weighted by molar-refractivity contribution is 7.99. The highest BCUT2D eigenvalue weighted by Crippen LogP contribution is 2.22. The fourth-order valence-corrected chi connectivity index (χ4v) is 2.50. The molecule has 2 aromatic rings. The Bertz CT molecular complexity index is 545. The Morgan fingerprint density at radius 3 is 2.60 bits per heavy atom. The molecule has 2 N–H and O–H groups in total. The zero-order chi connectivity index (χ0) is 14.4. The number of nitrogens with two attached hydrogens (primary N) is 1. The molecular formula is C16H18FNOS. The van der Waals surface area contributed by atoms with E-state index in [0.29, 0.717) is 6.61 Å². The van der Waals surface area contributed by atoms with Crippen molar-refractivity contribution in [3.05, 3.63) is 59.9 Å². The van der Waals surface area contributed by atoms with E-state index < -0.39 is 0 Å². The van der Waals surface area contributed by atoms with Gasteiger partial charge in [-0.05, 0) is 36.8 Å². The predicted molar refractivity (Wildman–Crippen MR) is 81.7 cm³/mol. The molecule has 1 atom stereocenters. The topological polar surface area (TPSA) is 35.2 Å². The van der Waals surface area contributed by atoms with Crippen molar-refractivity contribution in [3.63, 3.8) is 0 Å². The number of halogens is 1. The van der Waals surface area contributed by atoms with E-state index in [-0.39, 0.29) is 17.6 Å². The molecule has 0 spiro atoms. The Morgan fingerprint density at radius 1 is 1.20 bits per heavy atom. The van der Waals surface area contributed by atoms with Crippen molar-refractivity contribution in [1.82, 2.24) is 0 Å². The van der Waals surface area contributed by atoms with Crippen molar-refractivity contribution in [2.75, 3.05) is 12.4 Å². The lowest BCUT2D eigenvalue weighted by Gasteiger charge is -2.10. The summed E-state index contributed by atoms with van der Waals surface area (Å²) >= 11 is 1.69. The number of thioether (sulfide) groups is 1. The summed E-state index contributed by atoms with van der Waals surface area (Å²) in [5, 5.41) is 0. The summed E-state index contributed by atoms with van der Waals surface area (Å²) in [5.74, 6) is 0.700. The molecule has 2 aromatic carbocycles. The van der Waals surface area contributed by atoms with Gasteiger partial charge in [0.15, 0.2) is 11.6 Å². The van der Waals surface area contributed by atoms with Crippen molar-refractivity contribution in [2.24, 2.45) is 5.73 Å². The first-order valence-electron chi connectivity index (χ1n) is 6.52. The van der Waals surface area contributed by atoms with Crippen LogP contribution in [0.5, 0.6) is 5.75 Å². The molecule has 0 heterocycles. The molecule has 4 heteroatoms. The summed E-state index contributed by atoms with van der Waals surface area (Å²) in [4.78, 5) is 1.18. The summed E-state index contributed by atoms with van der Waals surface area (Å²) < 4.78 is 19.2. The number of hydrogen-bond donors (Lipinski definition) is 1. The Morgan fingerprint density at radius 2 is 1.95 bits per heavy atom. The third-order valence-corrected chi connectivity index (χ3v) is 3.81. The van der Waals surface area contributed by atoms with E-state index in [4.69, 9.17) is 10.5 Å². The van der Waals surface area contributed by atoms with Gasteiger partial charge in [0.2, 0.25) is 0 Å². The summed E-state index contributed by atoms with van der Waals surface area (Å²) in [5.41, 5.74) is 6.48. The summed E-state index contributed by atoms with van der Waals surface area (Å²) in [6.07, 6.45) is 0. The zero-order valence-electron chi connectivity index (χ0n) is 11.4. The average Bonchev–Trinajstić information content (AvgIpc) is 2.46. The molecule has 0 aromatic heterocycles. The van der Waals surface area contributed by atoms with Crippen molar-refractivity contribution in [3.8, 4) is 5.75 Å². The second kappa shape index (κ2) is 7.31. The molecule has 0 saturated carbocycles. The van der Waals surface area contributed by atoms with Crippen LogP contribution < -0.4 is 10.5 Å². The maximum absolute atomic E-state index is 13.8. The molecule has 106 valence electrons. The van der Waals surface area contributed by atoms with E-state index in [1.54, 1.807) is 23.9 Å². The third-order valence-electron chi connectivity index (χ3n) is 2.83. The van der Waals surface area contributed by atoms with Gasteiger partial charge in [0.25, 0.3) is 0 Å². The molecule has 0 fully saturated rings. The van der Waals surface area contributed by atoms with E-state index in [9.17, 15) is 4.39 Å². The molecule has 0 saturated heterocycles. The maximum Gasteiger partial charge on any atom is 0.165 e. The lowest BCUT2D eigenvalue weighted by Crippen LogP contribution is -2.06. The van der Waals surface area contributed by atoms with Crippen molar-refractivity contribution in [2.45, 2.75) is 17.9 Å². The zero-order valence-corrected chi connectivity index (χ0v) is 12.2. The van der Waals surface area contributed by atoms with Crippen LogP contribution in [0.4, 0.5) is 4.39 Å². The number of ether oxygens (including phenoxy) is 1. The second-order valence-electron chi connectivity index (χ2n) is 4.49. The SMILES string of the molecule is C[C@@H](N)c1ccc(OCCSc2ccccc2)c(F)c1. The van der Waals surface area contributed by atoms with E-state index in [0.717, 1.165) is 11.3 Å². The number of rotatable bonds is 6. The normalized spacial score (nSPS) is 12.2. The third kappa shape index (κ3) is 4.25. The Labute approximate surface area is 123 Å². The van der Waals surface area contributed by atoms with Gasteiger partial charge in [-0.3, -0.25) is 0 Å². The van der Waals surface area contributed by atoms with Crippen LogP contribution in [0.3, 0.4) is 0 Å². The summed E-state index contributed by atoms with van der Waals surface area (Å²) in [6.45, 7) is 2.29. The summed E-state index contributed by atoms with van der Waals surface area (Å²) in [6, 6.07) is 14.8.